The van der Waals surface area contributed by atoms with Gasteiger partial charge < -0.3 is 9.15 Å². The SMILES string of the molecule is COC(=O)c1c(C)oc(NC(=O)c2cccc(Cl)c2)c1-c1nc2ccccc2s1. The van der Waals surface area contributed by atoms with Crippen molar-refractivity contribution in [2.75, 3.05) is 12.4 Å². The monoisotopic (exact) mass is 426 g/mol. The minimum atomic E-state index is -0.566. The fourth-order valence-corrected chi connectivity index (χ4v) is 4.17. The van der Waals surface area contributed by atoms with Crippen LogP contribution in [0.15, 0.2) is 52.9 Å². The zero-order chi connectivity index (χ0) is 20.5. The Kier molecular flexibility index (Phi) is 5.08. The molecule has 1 N–H and O–H groups in total. The van der Waals surface area contributed by atoms with Crippen LogP contribution in [-0.4, -0.2) is 24.0 Å². The summed E-state index contributed by atoms with van der Waals surface area (Å²) in [4.78, 5) is 29.7. The molecule has 1 amide bonds. The topological polar surface area (TPSA) is 81.4 Å². The predicted octanol–water partition coefficient (Wildman–Crippen LogP) is 5.56. The Morgan fingerprint density at radius 1 is 1.17 bits per heavy atom. The number of carbonyl (C=O) groups is 2. The number of carbonyl (C=O) groups excluding carboxylic acids is 2. The molecule has 2 heterocycles. The number of aryl methyl sites for hydroxylation is 1. The van der Waals surface area contributed by atoms with E-state index in [4.69, 9.17) is 20.8 Å². The van der Waals surface area contributed by atoms with Crippen LogP contribution in [0.5, 0.6) is 0 Å². The first kappa shape index (κ1) is 19.2. The molecule has 0 unspecified atom stereocenters. The maximum atomic E-state index is 12.7. The highest BCUT2D eigenvalue weighted by atomic mass is 35.5. The number of aromatic nitrogens is 1. The van der Waals surface area contributed by atoms with E-state index >= 15 is 0 Å². The molecule has 0 fully saturated rings. The zero-order valence-corrected chi connectivity index (χ0v) is 17.1. The molecule has 29 heavy (non-hydrogen) atoms. The van der Waals surface area contributed by atoms with E-state index in [1.165, 1.54) is 18.4 Å². The highest BCUT2D eigenvalue weighted by molar-refractivity contribution is 7.21. The number of hydrogen-bond donors (Lipinski definition) is 1. The van der Waals surface area contributed by atoms with Crippen molar-refractivity contribution in [3.8, 4) is 10.6 Å². The number of methoxy groups -OCH3 is 1. The molecule has 6 nitrogen and oxygen atoms in total. The third-order valence-electron chi connectivity index (χ3n) is 4.30. The van der Waals surface area contributed by atoms with Gasteiger partial charge in [-0.1, -0.05) is 29.8 Å². The van der Waals surface area contributed by atoms with Gasteiger partial charge in [-0.05, 0) is 37.3 Å². The number of furan rings is 1. The molecule has 2 aromatic carbocycles. The Morgan fingerprint density at radius 3 is 2.69 bits per heavy atom. The molecule has 0 aliphatic heterocycles. The number of fused-ring (bicyclic) bond motifs is 1. The summed E-state index contributed by atoms with van der Waals surface area (Å²) in [7, 11) is 1.29. The van der Waals surface area contributed by atoms with Crippen LogP contribution >= 0.6 is 22.9 Å². The number of anilines is 1. The van der Waals surface area contributed by atoms with Crippen molar-refractivity contribution in [1.29, 1.82) is 0 Å². The van der Waals surface area contributed by atoms with Crippen LogP contribution in [0, 0.1) is 6.92 Å². The van der Waals surface area contributed by atoms with Gasteiger partial charge in [0.25, 0.3) is 5.91 Å². The number of benzene rings is 2. The van der Waals surface area contributed by atoms with Crippen molar-refractivity contribution in [3.05, 3.63) is 70.4 Å². The van der Waals surface area contributed by atoms with Crippen molar-refractivity contribution in [1.82, 2.24) is 4.98 Å². The summed E-state index contributed by atoms with van der Waals surface area (Å²) in [6.07, 6.45) is 0. The summed E-state index contributed by atoms with van der Waals surface area (Å²) in [6, 6.07) is 14.1. The first-order chi connectivity index (χ1) is 14.0. The molecule has 0 saturated carbocycles. The summed E-state index contributed by atoms with van der Waals surface area (Å²) in [6.45, 7) is 1.64. The van der Waals surface area contributed by atoms with Gasteiger partial charge in [-0.25, -0.2) is 9.78 Å². The lowest BCUT2D eigenvalue weighted by molar-refractivity contribution is 0.0599. The molecule has 0 aliphatic rings. The molecular formula is C21H15ClN2O4S. The Morgan fingerprint density at radius 2 is 1.97 bits per heavy atom. The molecular weight excluding hydrogens is 412 g/mol. The number of nitrogens with zero attached hydrogens (tertiary/aromatic N) is 1. The molecule has 4 aromatic rings. The third kappa shape index (κ3) is 3.62. The Balaban J connectivity index is 1.83. The molecule has 0 saturated heterocycles. The smallest absolute Gasteiger partial charge is 0.342 e. The number of ether oxygens (including phenoxy) is 1. The first-order valence-electron chi connectivity index (χ1n) is 8.62. The van der Waals surface area contributed by atoms with Crippen LogP contribution < -0.4 is 5.32 Å². The highest BCUT2D eigenvalue weighted by Gasteiger charge is 2.29. The van der Waals surface area contributed by atoms with Crippen LogP contribution in [0.2, 0.25) is 5.02 Å². The second-order valence-electron chi connectivity index (χ2n) is 6.18. The van der Waals surface area contributed by atoms with Gasteiger partial charge in [-0.2, -0.15) is 0 Å². The Bertz CT molecular complexity index is 1210. The maximum absolute atomic E-state index is 12.7. The van der Waals surface area contributed by atoms with Crippen molar-refractivity contribution < 1.29 is 18.7 Å². The average molecular weight is 427 g/mol. The quantitative estimate of drug-likeness (QED) is 0.432. The highest BCUT2D eigenvalue weighted by Crippen LogP contribution is 2.40. The zero-order valence-electron chi connectivity index (χ0n) is 15.5. The van der Waals surface area contributed by atoms with Gasteiger partial charge in [0.1, 0.15) is 16.3 Å². The van der Waals surface area contributed by atoms with Crippen LogP contribution in [0.25, 0.3) is 20.8 Å². The number of para-hydroxylation sites is 1. The summed E-state index contributed by atoms with van der Waals surface area (Å²) >= 11 is 7.37. The van der Waals surface area contributed by atoms with Crippen LogP contribution in [-0.2, 0) is 4.74 Å². The van der Waals surface area contributed by atoms with Crippen molar-refractivity contribution >= 4 is 50.9 Å². The van der Waals surface area contributed by atoms with Crippen molar-refractivity contribution in [3.63, 3.8) is 0 Å². The lowest BCUT2D eigenvalue weighted by Crippen LogP contribution is -2.12. The van der Waals surface area contributed by atoms with Gasteiger partial charge in [0.2, 0.25) is 5.88 Å². The van der Waals surface area contributed by atoms with Gasteiger partial charge >= 0.3 is 5.97 Å². The van der Waals surface area contributed by atoms with Crippen LogP contribution in [0.3, 0.4) is 0 Å². The second kappa shape index (κ2) is 7.69. The normalized spacial score (nSPS) is 10.9. The van der Waals surface area contributed by atoms with E-state index in [1.807, 2.05) is 24.3 Å². The van der Waals surface area contributed by atoms with E-state index in [2.05, 4.69) is 10.3 Å². The van der Waals surface area contributed by atoms with Gasteiger partial charge in [0.05, 0.1) is 22.9 Å². The largest absolute Gasteiger partial charge is 0.465 e. The fourth-order valence-electron chi connectivity index (χ4n) is 2.97. The number of nitrogens with one attached hydrogen (secondary N) is 1. The van der Waals surface area contributed by atoms with E-state index < -0.39 is 11.9 Å². The Hall–Kier alpha value is -3.16. The van der Waals surface area contributed by atoms with Gasteiger partial charge in [-0.3, -0.25) is 10.1 Å². The molecule has 0 bridgehead atoms. The number of hydrogen-bond acceptors (Lipinski definition) is 6. The Labute approximate surface area is 175 Å². The summed E-state index contributed by atoms with van der Waals surface area (Å²) in [5.74, 6) is -0.525. The minimum absolute atomic E-state index is 0.131. The summed E-state index contributed by atoms with van der Waals surface area (Å²) in [5.41, 5.74) is 1.77. The van der Waals surface area contributed by atoms with E-state index in [0.717, 1.165) is 10.2 Å². The number of rotatable bonds is 4. The lowest BCUT2D eigenvalue weighted by atomic mass is 10.1. The first-order valence-corrected chi connectivity index (χ1v) is 9.82. The maximum Gasteiger partial charge on any atom is 0.342 e. The number of esters is 1. The van der Waals surface area contributed by atoms with Gasteiger partial charge in [-0.15, -0.1) is 11.3 Å². The summed E-state index contributed by atoms with van der Waals surface area (Å²) < 4.78 is 11.6. The number of amides is 1. The average Bonchev–Trinajstić information content (AvgIpc) is 3.27. The van der Waals surface area contributed by atoms with E-state index in [-0.39, 0.29) is 11.4 Å². The standard InChI is InChI=1S/C21H15ClN2O4S/c1-11-16(21(26)27-2)17(20-23-14-8-3-4-9-15(14)29-20)19(28-11)24-18(25)12-6-5-7-13(22)10-12/h3-10H,1-2H3,(H,24,25). The molecule has 0 spiro atoms. The van der Waals surface area contributed by atoms with Crippen LogP contribution in [0.4, 0.5) is 5.88 Å². The van der Waals surface area contributed by atoms with Crippen LogP contribution in [0.1, 0.15) is 26.5 Å². The lowest BCUT2D eigenvalue weighted by Gasteiger charge is -2.05. The predicted molar refractivity (Wildman–Crippen MR) is 113 cm³/mol. The molecule has 4 rings (SSSR count). The third-order valence-corrected chi connectivity index (χ3v) is 5.58. The molecule has 8 heteroatoms. The molecule has 0 radical (unpaired) electrons. The molecule has 2 aromatic heterocycles. The fraction of sp³-hybridized carbons (Fsp3) is 0.0952. The molecule has 0 aliphatic carbocycles. The number of halogens is 1. The second-order valence-corrected chi connectivity index (χ2v) is 7.65. The van der Waals surface area contributed by atoms with E-state index in [0.29, 0.717) is 26.9 Å². The van der Waals surface area contributed by atoms with Crippen molar-refractivity contribution in [2.45, 2.75) is 6.92 Å². The van der Waals surface area contributed by atoms with Gasteiger partial charge in [0, 0.05) is 10.6 Å². The van der Waals surface area contributed by atoms with E-state index in [9.17, 15) is 9.59 Å². The van der Waals surface area contributed by atoms with Gasteiger partial charge in [0.15, 0.2) is 0 Å². The number of thiazole rings is 1. The minimum Gasteiger partial charge on any atom is -0.465 e. The molecule has 0 atom stereocenters. The summed E-state index contributed by atoms with van der Waals surface area (Å²) in [5, 5.41) is 3.72. The van der Waals surface area contributed by atoms with Crippen molar-refractivity contribution in [2.24, 2.45) is 0 Å². The van der Waals surface area contributed by atoms with E-state index in [1.54, 1.807) is 31.2 Å². The molecule has 146 valence electrons.